The van der Waals surface area contributed by atoms with Gasteiger partial charge in [0.1, 0.15) is 0 Å². The van der Waals surface area contributed by atoms with Gasteiger partial charge in [0.15, 0.2) is 0 Å². The molecule has 0 unspecified atom stereocenters. The molecule has 2 nitrogen and oxygen atoms in total. The van der Waals surface area contributed by atoms with Gasteiger partial charge in [-0.3, -0.25) is 4.90 Å². The summed E-state index contributed by atoms with van der Waals surface area (Å²) >= 11 is 0. The molecule has 21 heavy (non-hydrogen) atoms. The van der Waals surface area contributed by atoms with Crippen LogP contribution >= 0.6 is 0 Å². The van der Waals surface area contributed by atoms with Gasteiger partial charge in [-0.2, -0.15) is 0 Å². The minimum absolute atomic E-state index is 0.923. The molecule has 0 saturated carbocycles. The number of hydrogen-bond donors (Lipinski definition) is 1. The zero-order chi connectivity index (χ0) is 15.3. The van der Waals surface area contributed by atoms with Gasteiger partial charge in [0.05, 0.1) is 0 Å². The highest BCUT2D eigenvalue weighted by atomic mass is 15.1. The first-order chi connectivity index (χ1) is 10.3. The van der Waals surface area contributed by atoms with Gasteiger partial charge in [0, 0.05) is 12.2 Å². The van der Waals surface area contributed by atoms with Gasteiger partial charge in [-0.1, -0.05) is 77.0 Å². The molecule has 0 aliphatic carbocycles. The van der Waals surface area contributed by atoms with Crippen molar-refractivity contribution < 1.29 is 0 Å². The quantitative estimate of drug-likeness (QED) is 0.422. The summed E-state index contributed by atoms with van der Waals surface area (Å²) in [5.74, 6) is 0. The van der Waals surface area contributed by atoms with Crippen LogP contribution in [-0.4, -0.2) is 18.0 Å². The number of rotatable bonds is 12. The van der Waals surface area contributed by atoms with E-state index in [-0.39, 0.29) is 0 Å². The fourth-order valence-corrected chi connectivity index (χ4v) is 2.74. The fraction of sp³-hybridized carbons (Fsp3) is 0.684. The molecule has 0 radical (unpaired) electrons. The minimum atomic E-state index is 0.923. The van der Waals surface area contributed by atoms with Crippen molar-refractivity contribution in [3.63, 3.8) is 0 Å². The average Bonchev–Trinajstić information content (AvgIpc) is 2.50. The predicted molar refractivity (Wildman–Crippen MR) is 94.4 cm³/mol. The number of para-hydroxylation sites is 1. The molecule has 0 heterocycles. The molecule has 0 atom stereocenters. The number of nitrogen functional groups attached to an aromatic ring is 1. The van der Waals surface area contributed by atoms with E-state index in [0.29, 0.717) is 0 Å². The maximum Gasteiger partial charge on any atom is 0.0359 e. The zero-order valence-electron chi connectivity index (χ0n) is 14.1. The summed E-state index contributed by atoms with van der Waals surface area (Å²) in [5, 5.41) is 0. The highest BCUT2D eigenvalue weighted by Gasteiger charge is 2.05. The summed E-state index contributed by atoms with van der Waals surface area (Å²) in [5.41, 5.74) is 8.22. The van der Waals surface area contributed by atoms with Crippen molar-refractivity contribution in [2.24, 2.45) is 0 Å². The summed E-state index contributed by atoms with van der Waals surface area (Å²) in [6.07, 6.45) is 11.1. The maximum atomic E-state index is 6.03. The lowest BCUT2D eigenvalue weighted by atomic mass is 10.1. The first kappa shape index (κ1) is 18.0. The van der Waals surface area contributed by atoms with E-state index >= 15 is 0 Å². The topological polar surface area (TPSA) is 29.3 Å². The van der Waals surface area contributed by atoms with Crippen LogP contribution in [0.5, 0.6) is 0 Å². The SMILES string of the molecule is CCCCCCCCCCN(CC)Cc1ccccc1N. The average molecular weight is 290 g/mol. The van der Waals surface area contributed by atoms with Crippen molar-refractivity contribution in [1.82, 2.24) is 4.90 Å². The van der Waals surface area contributed by atoms with Gasteiger partial charge < -0.3 is 5.73 Å². The molecule has 0 bridgehead atoms. The van der Waals surface area contributed by atoms with Crippen LogP contribution in [-0.2, 0) is 6.54 Å². The molecule has 0 spiro atoms. The Kier molecular flexibility index (Phi) is 9.98. The number of nitrogens with zero attached hydrogens (tertiary/aromatic N) is 1. The third kappa shape index (κ3) is 8.11. The number of hydrogen-bond acceptors (Lipinski definition) is 2. The van der Waals surface area contributed by atoms with Crippen molar-refractivity contribution in [2.75, 3.05) is 18.8 Å². The molecule has 1 rings (SSSR count). The summed E-state index contributed by atoms with van der Waals surface area (Å²) in [4.78, 5) is 2.50. The molecule has 0 amide bonds. The maximum absolute atomic E-state index is 6.03. The van der Waals surface area contributed by atoms with Crippen molar-refractivity contribution >= 4 is 5.69 Å². The second-order valence-electron chi connectivity index (χ2n) is 6.04. The lowest BCUT2D eigenvalue weighted by Crippen LogP contribution is -2.24. The molecular weight excluding hydrogens is 256 g/mol. The Morgan fingerprint density at radius 1 is 0.857 bits per heavy atom. The Morgan fingerprint density at radius 2 is 1.48 bits per heavy atom. The van der Waals surface area contributed by atoms with Crippen LogP contribution in [0.2, 0.25) is 0 Å². The molecule has 0 aliphatic heterocycles. The Bertz CT molecular complexity index is 362. The first-order valence-corrected chi connectivity index (χ1v) is 8.83. The predicted octanol–water partition coefficient (Wildman–Crippen LogP) is 5.23. The largest absolute Gasteiger partial charge is 0.398 e. The van der Waals surface area contributed by atoms with Crippen LogP contribution in [0.3, 0.4) is 0 Å². The van der Waals surface area contributed by atoms with Crippen LogP contribution < -0.4 is 5.73 Å². The summed E-state index contributed by atoms with van der Waals surface area (Å²) in [7, 11) is 0. The Hall–Kier alpha value is -1.02. The minimum Gasteiger partial charge on any atom is -0.398 e. The van der Waals surface area contributed by atoms with Crippen LogP contribution in [0.1, 0.15) is 70.8 Å². The second kappa shape index (κ2) is 11.6. The second-order valence-corrected chi connectivity index (χ2v) is 6.04. The molecule has 0 saturated heterocycles. The number of nitrogens with two attached hydrogens (primary N) is 1. The van der Waals surface area contributed by atoms with Gasteiger partial charge in [-0.05, 0) is 31.1 Å². The molecule has 2 N–H and O–H groups in total. The summed E-state index contributed by atoms with van der Waals surface area (Å²) in [6.45, 7) is 7.80. The van der Waals surface area contributed by atoms with E-state index in [1.807, 2.05) is 12.1 Å². The molecule has 120 valence electrons. The van der Waals surface area contributed by atoms with Crippen molar-refractivity contribution in [3.05, 3.63) is 29.8 Å². The summed E-state index contributed by atoms with van der Waals surface area (Å²) < 4.78 is 0. The lowest BCUT2D eigenvalue weighted by molar-refractivity contribution is 0.273. The van der Waals surface area contributed by atoms with E-state index in [1.165, 1.54) is 63.5 Å². The van der Waals surface area contributed by atoms with E-state index < -0.39 is 0 Å². The third-order valence-corrected chi connectivity index (χ3v) is 4.22. The standard InChI is InChI=1S/C19H34N2/c1-3-5-6-7-8-9-10-13-16-21(4-2)17-18-14-11-12-15-19(18)20/h11-12,14-15H,3-10,13,16-17,20H2,1-2H3. The summed E-state index contributed by atoms with van der Waals surface area (Å²) in [6, 6.07) is 8.23. The van der Waals surface area contributed by atoms with Crippen molar-refractivity contribution in [2.45, 2.75) is 71.8 Å². The Morgan fingerprint density at radius 3 is 2.10 bits per heavy atom. The fourth-order valence-electron chi connectivity index (χ4n) is 2.74. The van der Waals surface area contributed by atoms with Crippen molar-refractivity contribution in [3.8, 4) is 0 Å². The Balaban J connectivity index is 2.13. The molecular formula is C19H34N2. The number of benzene rings is 1. The van der Waals surface area contributed by atoms with E-state index in [4.69, 9.17) is 5.73 Å². The number of unbranched alkanes of at least 4 members (excludes halogenated alkanes) is 7. The van der Waals surface area contributed by atoms with Crippen LogP contribution in [0.4, 0.5) is 5.69 Å². The van der Waals surface area contributed by atoms with E-state index in [2.05, 4.69) is 30.9 Å². The first-order valence-electron chi connectivity index (χ1n) is 8.83. The van der Waals surface area contributed by atoms with Crippen LogP contribution in [0, 0.1) is 0 Å². The van der Waals surface area contributed by atoms with Gasteiger partial charge in [0.25, 0.3) is 0 Å². The van der Waals surface area contributed by atoms with E-state index in [9.17, 15) is 0 Å². The normalized spacial score (nSPS) is 11.2. The highest BCUT2D eigenvalue weighted by Crippen LogP contribution is 2.14. The van der Waals surface area contributed by atoms with E-state index in [0.717, 1.165) is 18.8 Å². The highest BCUT2D eigenvalue weighted by molar-refractivity contribution is 5.46. The van der Waals surface area contributed by atoms with Crippen molar-refractivity contribution in [1.29, 1.82) is 0 Å². The van der Waals surface area contributed by atoms with Gasteiger partial charge in [-0.15, -0.1) is 0 Å². The Labute approximate surface area is 131 Å². The van der Waals surface area contributed by atoms with Gasteiger partial charge in [0.2, 0.25) is 0 Å². The lowest BCUT2D eigenvalue weighted by Gasteiger charge is -2.21. The molecule has 0 aliphatic rings. The molecule has 2 heteroatoms. The zero-order valence-corrected chi connectivity index (χ0v) is 14.1. The smallest absolute Gasteiger partial charge is 0.0359 e. The molecule has 0 aromatic heterocycles. The van der Waals surface area contributed by atoms with Gasteiger partial charge in [-0.25, -0.2) is 0 Å². The van der Waals surface area contributed by atoms with Crippen LogP contribution in [0.15, 0.2) is 24.3 Å². The van der Waals surface area contributed by atoms with Gasteiger partial charge >= 0.3 is 0 Å². The molecule has 1 aromatic rings. The third-order valence-electron chi connectivity index (χ3n) is 4.22. The van der Waals surface area contributed by atoms with Crippen LogP contribution in [0.25, 0.3) is 0 Å². The van der Waals surface area contributed by atoms with E-state index in [1.54, 1.807) is 0 Å². The molecule has 1 aromatic carbocycles. The molecule has 0 fully saturated rings. The number of anilines is 1. The monoisotopic (exact) mass is 290 g/mol.